The molecule has 1 N–H and O–H groups in total. The number of benzene rings is 2. The number of sulfonamides is 1. The number of β-amino-alcohol motifs (C(OH)–C–C–N with tert-alkyl or cyclic N) is 1. The smallest absolute Gasteiger partial charge is 0.243 e. The molecular formula is C18H20N4O3S2. The van der Waals surface area contributed by atoms with E-state index in [2.05, 4.69) is 8.75 Å². The first-order valence-corrected chi connectivity index (χ1v) is 10.8. The summed E-state index contributed by atoms with van der Waals surface area (Å²) in [7, 11) is -1.70. The molecule has 0 saturated carbocycles. The molecule has 1 aliphatic rings. The number of aliphatic hydroxyl groups excluding tert-OH is 1. The van der Waals surface area contributed by atoms with Gasteiger partial charge >= 0.3 is 0 Å². The Labute approximate surface area is 162 Å². The molecular weight excluding hydrogens is 384 g/mol. The van der Waals surface area contributed by atoms with Crippen LogP contribution in [0.4, 0.5) is 0 Å². The van der Waals surface area contributed by atoms with Crippen LogP contribution in [0.3, 0.4) is 0 Å². The average molecular weight is 405 g/mol. The molecule has 4 rings (SSSR count). The lowest BCUT2D eigenvalue weighted by atomic mass is 10.1. The van der Waals surface area contributed by atoms with E-state index < -0.39 is 16.1 Å². The molecule has 142 valence electrons. The Balaban J connectivity index is 1.49. The number of hydrogen-bond donors (Lipinski definition) is 1. The minimum Gasteiger partial charge on any atom is -0.390 e. The number of hydrogen-bond acceptors (Lipinski definition) is 7. The topological polar surface area (TPSA) is 86.6 Å². The van der Waals surface area contributed by atoms with Crippen LogP contribution in [0.15, 0.2) is 53.4 Å². The van der Waals surface area contributed by atoms with Gasteiger partial charge in [-0.3, -0.25) is 4.90 Å². The van der Waals surface area contributed by atoms with Gasteiger partial charge in [0.05, 0.1) is 28.8 Å². The Bertz CT molecular complexity index is 1040. The van der Waals surface area contributed by atoms with E-state index >= 15 is 0 Å². The second-order valence-corrected chi connectivity index (χ2v) is 9.24. The van der Waals surface area contributed by atoms with Crippen molar-refractivity contribution in [3.63, 3.8) is 0 Å². The summed E-state index contributed by atoms with van der Waals surface area (Å²) in [6.45, 7) is 0.949. The van der Waals surface area contributed by atoms with E-state index in [1.807, 2.05) is 30.1 Å². The second kappa shape index (κ2) is 7.25. The lowest BCUT2D eigenvalue weighted by Gasteiger charge is -2.26. The molecule has 2 heterocycles. The van der Waals surface area contributed by atoms with E-state index in [1.54, 1.807) is 30.3 Å². The van der Waals surface area contributed by atoms with Crippen LogP contribution < -0.4 is 0 Å². The molecule has 2 aromatic carbocycles. The highest BCUT2D eigenvalue weighted by atomic mass is 32.2. The molecule has 2 atom stereocenters. The Morgan fingerprint density at radius 1 is 1.15 bits per heavy atom. The van der Waals surface area contributed by atoms with Crippen molar-refractivity contribution >= 4 is 32.8 Å². The van der Waals surface area contributed by atoms with Gasteiger partial charge in [0.1, 0.15) is 11.0 Å². The summed E-state index contributed by atoms with van der Waals surface area (Å²) >= 11 is 1.18. The molecule has 0 radical (unpaired) electrons. The highest BCUT2D eigenvalue weighted by Crippen LogP contribution is 2.25. The minimum atomic E-state index is -3.60. The minimum absolute atomic E-state index is 0.0985. The van der Waals surface area contributed by atoms with Crippen molar-refractivity contribution < 1.29 is 13.5 Å². The maximum atomic E-state index is 12.8. The van der Waals surface area contributed by atoms with Gasteiger partial charge in [-0.25, -0.2) is 8.42 Å². The fourth-order valence-corrected chi connectivity index (χ4v) is 5.45. The summed E-state index contributed by atoms with van der Waals surface area (Å²) in [5, 5.41) is 10.5. The molecule has 0 spiro atoms. The molecule has 0 bridgehead atoms. The lowest BCUT2D eigenvalue weighted by Crippen LogP contribution is -2.40. The molecule has 0 amide bonds. The Morgan fingerprint density at radius 2 is 1.89 bits per heavy atom. The van der Waals surface area contributed by atoms with E-state index in [9.17, 15) is 13.5 Å². The van der Waals surface area contributed by atoms with Gasteiger partial charge < -0.3 is 5.11 Å². The van der Waals surface area contributed by atoms with Crippen LogP contribution in [0, 0.1) is 0 Å². The van der Waals surface area contributed by atoms with Gasteiger partial charge in [0, 0.05) is 19.6 Å². The molecule has 0 unspecified atom stereocenters. The standard InChI is InChI=1S/C18H20N4O3S2/c1-21(10-13-7-8-15-16(9-13)20-26-19-15)17-11-22(12-18(17)23)27(24,25)14-5-3-2-4-6-14/h2-9,17-18,23H,10-12H2,1H3/t17-,18-/m0/s1. The molecule has 3 aromatic rings. The first-order valence-electron chi connectivity index (χ1n) is 8.60. The molecule has 1 aliphatic heterocycles. The van der Waals surface area contributed by atoms with Crippen molar-refractivity contribution in [3.05, 3.63) is 54.1 Å². The largest absolute Gasteiger partial charge is 0.390 e. The fraction of sp³-hybridized carbons (Fsp3) is 0.333. The van der Waals surface area contributed by atoms with Gasteiger partial charge in [0.15, 0.2) is 0 Å². The maximum absolute atomic E-state index is 12.8. The summed E-state index contributed by atoms with van der Waals surface area (Å²) in [6, 6.07) is 14.0. The third-order valence-corrected chi connectivity index (χ3v) is 7.33. The van der Waals surface area contributed by atoms with Crippen molar-refractivity contribution in [2.45, 2.75) is 23.6 Å². The predicted molar refractivity (Wildman–Crippen MR) is 104 cm³/mol. The number of likely N-dealkylation sites (N-methyl/N-ethyl adjacent to an activating group) is 1. The molecule has 1 fully saturated rings. The van der Waals surface area contributed by atoms with Gasteiger partial charge in [0.25, 0.3) is 0 Å². The van der Waals surface area contributed by atoms with Crippen molar-refractivity contribution in [1.29, 1.82) is 0 Å². The zero-order valence-corrected chi connectivity index (χ0v) is 16.4. The Hall–Kier alpha value is -1.91. The predicted octanol–water partition coefficient (Wildman–Crippen LogP) is 1.56. The highest BCUT2D eigenvalue weighted by Gasteiger charge is 2.40. The summed E-state index contributed by atoms with van der Waals surface area (Å²) in [6.07, 6.45) is -0.738. The molecule has 0 aliphatic carbocycles. The third-order valence-electron chi connectivity index (χ3n) is 4.92. The van der Waals surface area contributed by atoms with Crippen LogP contribution in [0.2, 0.25) is 0 Å². The highest BCUT2D eigenvalue weighted by molar-refractivity contribution is 7.89. The van der Waals surface area contributed by atoms with Gasteiger partial charge in [-0.05, 0) is 36.9 Å². The number of aliphatic hydroxyl groups is 1. The monoisotopic (exact) mass is 404 g/mol. The maximum Gasteiger partial charge on any atom is 0.243 e. The molecule has 1 saturated heterocycles. The number of nitrogens with zero attached hydrogens (tertiary/aromatic N) is 4. The van der Waals surface area contributed by atoms with Crippen LogP contribution in [0.5, 0.6) is 0 Å². The van der Waals surface area contributed by atoms with E-state index in [1.165, 1.54) is 16.0 Å². The first kappa shape index (κ1) is 18.5. The molecule has 27 heavy (non-hydrogen) atoms. The van der Waals surface area contributed by atoms with Crippen LogP contribution in [-0.4, -0.2) is 63.8 Å². The quantitative estimate of drug-likeness (QED) is 0.694. The third kappa shape index (κ3) is 3.61. The van der Waals surface area contributed by atoms with Crippen molar-refractivity contribution in [2.75, 3.05) is 20.1 Å². The fourth-order valence-electron chi connectivity index (χ4n) is 3.44. The average Bonchev–Trinajstić information content (AvgIpc) is 3.28. The number of fused-ring (bicyclic) bond motifs is 1. The molecule has 1 aromatic heterocycles. The second-order valence-electron chi connectivity index (χ2n) is 6.77. The van der Waals surface area contributed by atoms with Crippen LogP contribution >= 0.6 is 11.7 Å². The van der Waals surface area contributed by atoms with E-state index in [-0.39, 0.29) is 24.0 Å². The number of rotatable bonds is 5. The Morgan fingerprint density at radius 3 is 2.67 bits per heavy atom. The van der Waals surface area contributed by atoms with Gasteiger partial charge in [-0.1, -0.05) is 24.3 Å². The zero-order chi connectivity index (χ0) is 19.0. The van der Waals surface area contributed by atoms with E-state index in [0.717, 1.165) is 16.6 Å². The molecule has 9 heteroatoms. The Kier molecular flexibility index (Phi) is 4.95. The van der Waals surface area contributed by atoms with Crippen molar-refractivity contribution in [2.24, 2.45) is 0 Å². The van der Waals surface area contributed by atoms with Crippen LogP contribution in [0.1, 0.15) is 5.56 Å². The normalized spacial score (nSPS) is 21.3. The number of aromatic nitrogens is 2. The van der Waals surface area contributed by atoms with E-state index in [0.29, 0.717) is 6.54 Å². The summed E-state index contributed by atoms with van der Waals surface area (Å²) in [5.74, 6) is 0. The van der Waals surface area contributed by atoms with Crippen LogP contribution in [0.25, 0.3) is 11.0 Å². The first-order chi connectivity index (χ1) is 12.9. The lowest BCUT2D eigenvalue weighted by molar-refractivity contribution is 0.0953. The summed E-state index contributed by atoms with van der Waals surface area (Å²) < 4.78 is 35.4. The van der Waals surface area contributed by atoms with Crippen molar-refractivity contribution in [1.82, 2.24) is 18.0 Å². The summed E-state index contributed by atoms with van der Waals surface area (Å²) in [5.41, 5.74) is 2.77. The SMILES string of the molecule is CN(Cc1ccc2nsnc2c1)[C@H]1CN(S(=O)(=O)c2ccccc2)C[C@@H]1O. The van der Waals surface area contributed by atoms with Gasteiger partial charge in [-0.15, -0.1) is 0 Å². The molecule has 7 nitrogen and oxygen atoms in total. The van der Waals surface area contributed by atoms with Gasteiger partial charge in [-0.2, -0.15) is 13.1 Å². The van der Waals surface area contributed by atoms with E-state index in [4.69, 9.17) is 0 Å². The van der Waals surface area contributed by atoms with Crippen LogP contribution in [-0.2, 0) is 16.6 Å². The van der Waals surface area contributed by atoms with Crippen molar-refractivity contribution in [3.8, 4) is 0 Å². The van der Waals surface area contributed by atoms with Gasteiger partial charge in [0.2, 0.25) is 10.0 Å². The zero-order valence-electron chi connectivity index (χ0n) is 14.8. The summed E-state index contributed by atoms with van der Waals surface area (Å²) in [4.78, 5) is 2.24.